The van der Waals surface area contributed by atoms with Gasteiger partial charge in [-0.25, -0.2) is 0 Å². The summed E-state index contributed by atoms with van der Waals surface area (Å²) in [7, 11) is 2.00. The minimum Gasteiger partial charge on any atom is -0.379 e. The fraction of sp³-hybridized carbons (Fsp3) is 0.455. The fourth-order valence-electron chi connectivity index (χ4n) is 1.68. The Morgan fingerprint density at radius 1 is 1.57 bits per heavy atom. The summed E-state index contributed by atoms with van der Waals surface area (Å²) in [6, 6.07) is 7.15. The lowest BCUT2D eigenvalue weighted by atomic mass is 10.2. The highest BCUT2D eigenvalue weighted by Crippen LogP contribution is 2.33. The van der Waals surface area contributed by atoms with Crippen LogP contribution in [-0.4, -0.2) is 25.4 Å². The summed E-state index contributed by atoms with van der Waals surface area (Å²) in [5.41, 5.74) is 2.62. The molecule has 14 heavy (non-hydrogen) atoms. The van der Waals surface area contributed by atoms with E-state index < -0.39 is 0 Å². The van der Waals surface area contributed by atoms with Crippen molar-refractivity contribution >= 4 is 17.4 Å². The van der Waals surface area contributed by atoms with Crippen LogP contribution in [-0.2, 0) is 0 Å². The first-order valence-electron chi connectivity index (χ1n) is 4.94. The first-order valence-corrected chi connectivity index (χ1v) is 5.93. The van der Waals surface area contributed by atoms with Gasteiger partial charge in [-0.2, -0.15) is 0 Å². The molecule has 0 amide bonds. The molecule has 2 nitrogen and oxygen atoms in total. The number of hydrogen-bond acceptors (Lipinski definition) is 3. The van der Waals surface area contributed by atoms with E-state index in [0.717, 1.165) is 12.3 Å². The normalized spacial score (nSPS) is 20.0. The van der Waals surface area contributed by atoms with Crippen LogP contribution in [0.1, 0.15) is 5.56 Å². The van der Waals surface area contributed by atoms with Gasteiger partial charge in [0.25, 0.3) is 0 Å². The molecule has 0 bridgehead atoms. The highest BCUT2D eigenvalue weighted by molar-refractivity contribution is 7.99. The molecule has 1 aliphatic rings. The predicted octanol–water partition coefficient (Wildman–Crippen LogP) is 2.10. The topological polar surface area (TPSA) is 24.1 Å². The van der Waals surface area contributed by atoms with Gasteiger partial charge < -0.3 is 10.6 Å². The second-order valence-corrected chi connectivity index (χ2v) is 4.77. The molecule has 1 atom stereocenters. The van der Waals surface area contributed by atoms with E-state index in [0.29, 0.717) is 6.04 Å². The Hall–Kier alpha value is -0.670. The molecule has 1 unspecified atom stereocenters. The lowest BCUT2D eigenvalue weighted by Gasteiger charge is -2.26. The van der Waals surface area contributed by atoms with Crippen LogP contribution in [0.5, 0.6) is 0 Å². The molecule has 0 radical (unpaired) electrons. The number of likely N-dealkylation sites (N-methyl/N-ethyl adjacent to an activating group) is 1. The van der Waals surface area contributed by atoms with Crippen molar-refractivity contribution in [3.05, 3.63) is 23.8 Å². The van der Waals surface area contributed by atoms with Gasteiger partial charge in [0.1, 0.15) is 0 Å². The van der Waals surface area contributed by atoms with Crippen LogP contribution in [0.4, 0.5) is 5.69 Å². The lowest BCUT2D eigenvalue weighted by Crippen LogP contribution is -2.35. The minimum absolute atomic E-state index is 0.556. The zero-order valence-electron chi connectivity index (χ0n) is 8.63. The Morgan fingerprint density at radius 2 is 2.43 bits per heavy atom. The van der Waals surface area contributed by atoms with Crippen LogP contribution in [0.15, 0.2) is 23.1 Å². The van der Waals surface area contributed by atoms with Gasteiger partial charge in [0.2, 0.25) is 0 Å². The van der Waals surface area contributed by atoms with E-state index >= 15 is 0 Å². The van der Waals surface area contributed by atoms with Crippen LogP contribution in [0, 0.1) is 6.92 Å². The summed E-state index contributed by atoms with van der Waals surface area (Å²) in [6.45, 7) is 3.17. The molecule has 1 heterocycles. The molecule has 0 fully saturated rings. The quantitative estimate of drug-likeness (QED) is 0.778. The van der Waals surface area contributed by atoms with Gasteiger partial charge in [-0.05, 0) is 31.7 Å². The van der Waals surface area contributed by atoms with Crippen molar-refractivity contribution in [3.8, 4) is 0 Å². The van der Waals surface area contributed by atoms with Gasteiger partial charge >= 0.3 is 0 Å². The van der Waals surface area contributed by atoms with Gasteiger partial charge in [0, 0.05) is 28.9 Å². The average molecular weight is 208 g/mol. The maximum atomic E-state index is 3.54. The van der Waals surface area contributed by atoms with Crippen LogP contribution in [0.25, 0.3) is 0 Å². The number of nitrogens with one attached hydrogen (secondary N) is 2. The Kier molecular flexibility index (Phi) is 2.99. The molecule has 0 spiro atoms. The Morgan fingerprint density at radius 3 is 3.21 bits per heavy atom. The molecule has 0 saturated heterocycles. The zero-order valence-corrected chi connectivity index (χ0v) is 9.45. The fourth-order valence-corrected chi connectivity index (χ4v) is 2.81. The van der Waals surface area contributed by atoms with E-state index in [-0.39, 0.29) is 0 Å². The van der Waals surface area contributed by atoms with E-state index in [4.69, 9.17) is 0 Å². The van der Waals surface area contributed by atoms with Crippen molar-refractivity contribution in [1.82, 2.24) is 5.32 Å². The third-order valence-corrected chi connectivity index (χ3v) is 3.61. The predicted molar refractivity (Wildman–Crippen MR) is 63.2 cm³/mol. The number of aryl methyl sites for hydroxylation is 1. The summed E-state index contributed by atoms with van der Waals surface area (Å²) in [4.78, 5) is 1.39. The van der Waals surface area contributed by atoms with Gasteiger partial charge in [-0.1, -0.05) is 6.07 Å². The largest absolute Gasteiger partial charge is 0.379 e. The second kappa shape index (κ2) is 4.24. The van der Waals surface area contributed by atoms with E-state index in [1.165, 1.54) is 16.1 Å². The van der Waals surface area contributed by atoms with Crippen LogP contribution in [0.2, 0.25) is 0 Å². The number of anilines is 1. The number of thioether (sulfide) groups is 1. The second-order valence-electron chi connectivity index (χ2n) is 3.71. The number of fused-ring (bicyclic) bond motifs is 1. The van der Waals surface area contributed by atoms with Crippen molar-refractivity contribution in [3.63, 3.8) is 0 Å². The molecule has 76 valence electrons. The lowest BCUT2D eigenvalue weighted by molar-refractivity contribution is 0.702. The molecule has 1 aliphatic heterocycles. The molecule has 2 N–H and O–H groups in total. The highest BCUT2D eigenvalue weighted by atomic mass is 32.2. The van der Waals surface area contributed by atoms with Crippen molar-refractivity contribution in [1.29, 1.82) is 0 Å². The SMILES string of the molecule is CNCC1CSc2cc(C)ccc2N1. The molecule has 1 aromatic carbocycles. The number of benzene rings is 1. The summed E-state index contributed by atoms with van der Waals surface area (Å²) in [5.74, 6) is 1.15. The van der Waals surface area contributed by atoms with E-state index in [2.05, 4.69) is 35.8 Å². The first kappa shape index (κ1) is 9.87. The van der Waals surface area contributed by atoms with Crippen molar-refractivity contribution in [2.75, 3.05) is 24.7 Å². The third-order valence-electron chi connectivity index (χ3n) is 2.39. The number of hydrogen-bond donors (Lipinski definition) is 2. The molecule has 0 saturated carbocycles. The van der Waals surface area contributed by atoms with E-state index in [9.17, 15) is 0 Å². The summed E-state index contributed by atoms with van der Waals surface area (Å²) >= 11 is 1.95. The van der Waals surface area contributed by atoms with Crippen LogP contribution in [0.3, 0.4) is 0 Å². The molecule has 0 aliphatic carbocycles. The highest BCUT2D eigenvalue weighted by Gasteiger charge is 2.16. The van der Waals surface area contributed by atoms with Crippen LogP contribution < -0.4 is 10.6 Å². The third kappa shape index (κ3) is 2.04. The standard InChI is InChI=1S/C11H16N2S/c1-8-3-4-10-11(5-8)14-7-9(13-10)6-12-2/h3-5,9,12-13H,6-7H2,1-2H3. The molecule has 1 aromatic rings. The van der Waals surface area contributed by atoms with Gasteiger partial charge in [-0.3, -0.25) is 0 Å². The number of rotatable bonds is 2. The molecule has 2 rings (SSSR count). The van der Waals surface area contributed by atoms with Crippen molar-refractivity contribution < 1.29 is 0 Å². The molecule has 0 aromatic heterocycles. The summed E-state index contributed by atoms with van der Waals surface area (Å²) in [5, 5.41) is 6.75. The van der Waals surface area contributed by atoms with E-state index in [1.807, 2.05) is 18.8 Å². The average Bonchev–Trinajstić information content (AvgIpc) is 2.19. The molecular formula is C11H16N2S. The Bertz CT molecular complexity index is 325. The van der Waals surface area contributed by atoms with Gasteiger partial charge in [-0.15, -0.1) is 11.8 Å². The zero-order chi connectivity index (χ0) is 9.97. The van der Waals surface area contributed by atoms with Gasteiger partial charge in [0.05, 0.1) is 0 Å². The maximum absolute atomic E-state index is 3.54. The Labute approximate surface area is 89.5 Å². The van der Waals surface area contributed by atoms with Crippen molar-refractivity contribution in [2.45, 2.75) is 17.9 Å². The molecular weight excluding hydrogens is 192 g/mol. The summed E-state index contributed by atoms with van der Waals surface area (Å²) in [6.07, 6.45) is 0. The van der Waals surface area contributed by atoms with Crippen LogP contribution >= 0.6 is 11.8 Å². The monoisotopic (exact) mass is 208 g/mol. The first-order chi connectivity index (χ1) is 6.79. The van der Waals surface area contributed by atoms with Gasteiger partial charge in [0.15, 0.2) is 0 Å². The van der Waals surface area contributed by atoms with E-state index in [1.54, 1.807) is 0 Å². The maximum Gasteiger partial charge on any atom is 0.0481 e. The smallest absolute Gasteiger partial charge is 0.0481 e. The van der Waals surface area contributed by atoms with Crippen molar-refractivity contribution in [2.24, 2.45) is 0 Å². The Balaban J connectivity index is 2.15. The minimum atomic E-state index is 0.556. The summed E-state index contributed by atoms with van der Waals surface area (Å²) < 4.78 is 0. The molecule has 3 heteroatoms.